The first-order valence-corrected chi connectivity index (χ1v) is 6.04. The Kier molecular flexibility index (Phi) is 13.3. The van der Waals surface area contributed by atoms with E-state index in [1.54, 1.807) is 0 Å². The Morgan fingerprint density at radius 3 is 1.89 bits per heavy atom. The molecule has 0 bridgehead atoms. The maximum Gasteiger partial charge on any atom is 0.320 e. The van der Waals surface area contributed by atoms with Gasteiger partial charge in [-0.1, -0.05) is 13.8 Å². The van der Waals surface area contributed by atoms with E-state index in [0.29, 0.717) is 6.42 Å². The van der Waals surface area contributed by atoms with E-state index in [-0.39, 0.29) is 19.6 Å². The second kappa shape index (κ2) is 12.8. The van der Waals surface area contributed by atoms with Crippen LogP contribution in [0, 0.1) is 5.92 Å². The van der Waals surface area contributed by atoms with Gasteiger partial charge in [0.25, 0.3) is 0 Å². The number of carbonyl (C=O) groups excluding carboxylic acids is 3. The standard InChI is InChI=1S/C10H17NO6.C2H6/c1-15-9(13)7(10(14)16-2)4-3-5-17-6-8(11)12;1-2/h7H,3-6H2,1-2H3,(H2,11,12);1-2H3. The normalized spacial score (nSPS) is 9.32. The Morgan fingerprint density at radius 2 is 1.53 bits per heavy atom. The molecule has 0 radical (unpaired) electrons. The average Bonchev–Trinajstić information content (AvgIpc) is 2.43. The Morgan fingerprint density at radius 1 is 1.05 bits per heavy atom. The Balaban J connectivity index is 0. The van der Waals surface area contributed by atoms with Gasteiger partial charge in [-0.2, -0.15) is 0 Å². The van der Waals surface area contributed by atoms with Gasteiger partial charge in [0, 0.05) is 6.61 Å². The van der Waals surface area contributed by atoms with Crippen molar-refractivity contribution in [3.8, 4) is 0 Å². The molecular formula is C12H23NO6. The van der Waals surface area contributed by atoms with E-state index >= 15 is 0 Å². The molecule has 0 aromatic carbocycles. The highest BCUT2D eigenvalue weighted by molar-refractivity contribution is 5.94. The van der Waals surface area contributed by atoms with Crippen LogP contribution in [0.1, 0.15) is 26.7 Å². The largest absolute Gasteiger partial charge is 0.468 e. The van der Waals surface area contributed by atoms with Crippen LogP contribution in [0.2, 0.25) is 0 Å². The van der Waals surface area contributed by atoms with Gasteiger partial charge in [0.2, 0.25) is 5.91 Å². The predicted molar refractivity (Wildman–Crippen MR) is 68.1 cm³/mol. The summed E-state index contributed by atoms with van der Waals surface area (Å²) >= 11 is 0. The lowest BCUT2D eigenvalue weighted by atomic mass is 10.0. The zero-order valence-electron chi connectivity index (χ0n) is 11.9. The fourth-order valence-electron chi connectivity index (χ4n) is 1.18. The van der Waals surface area contributed by atoms with Crippen LogP contribution in [0.15, 0.2) is 0 Å². The van der Waals surface area contributed by atoms with E-state index in [4.69, 9.17) is 10.5 Å². The SMILES string of the molecule is CC.COC(=O)C(CCCOCC(N)=O)C(=O)OC. The summed E-state index contributed by atoms with van der Waals surface area (Å²) in [5.41, 5.74) is 4.86. The second-order valence-electron chi connectivity index (χ2n) is 3.26. The topological polar surface area (TPSA) is 105 Å². The van der Waals surface area contributed by atoms with Crippen molar-refractivity contribution in [2.45, 2.75) is 26.7 Å². The number of primary amides is 1. The van der Waals surface area contributed by atoms with E-state index < -0.39 is 23.8 Å². The highest BCUT2D eigenvalue weighted by Gasteiger charge is 2.27. The van der Waals surface area contributed by atoms with Crippen molar-refractivity contribution in [2.24, 2.45) is 11.7 Å². The van der Waals surface area contributed by atoms with Gasteiger partial charge in [-0.25, -0.2) is 0 Å². The molecule has 19 heavy (non-hydrogen) atoms. The van der Waals surface area contributed by atoms with Crippen molar-refractivity contribution in [3.63, 3.8) is 0 Å². The molecule has 0 rings (SSSR count). The molecule has 0 saturated heterocycles. The minimum atomic E-state index is -0.956. The predicted octanol–water partition coefficient (Wildman–Crippen LogP) is 0.257. The molecule has 0 aliphatic rings. The van der Waals surface area contributed by atoms with Gasteiger partial charge >= 0.3 is 11.9 Å². The molecule has 0 aliphatic carbocycles. The van der Waals surface area contributed by atoms with Gasteiger partial charge in [-0.05, 0) is 12.8 Å². The number of esters is 2. The van der Waals surface area contributed by atoms with Crippen molar-refractivity contribution in [1.82, 2.24) is 0 Å². The summed E-state index contributed by atoms with van der Waals surface area (Å²) in [5.74, 6) is -2.82. The molecular weight excluding hydrogens is 254 g/mol. The number of carbonyl (C=O) groups is 3. The van der Waals surface area contributed by atoms with E-state index in [1.165, 1.54) is 14.2 Å². The second-order valence-corrected chi connectivity index (χ2v) is 3.26. The van der Waals surface area contributed by atoms with E-state index in [1.807, 2.05) is 13.8 Å². The van der Waals surface area contributed by atoms with E-state index in [0.717, 1.165) is 0 Å². The molecule has 112 valence electrons. The Bertz CT molecular complexity index is 263. The zero-order valence-corrected chi connectivity index (χ0v) is 11.9. The third kappa shape index (κ3) is 10.0. The number of rotatable bonds is 8. The van der Waals surface area contributed by atoms with Gasteiger partial charge in [-0.3, -0.25) is 14.4 Å². The molecule has 0 spiro atoms. The fraction of sp³-hybridized carbons (Fsp3) is 0.750. The number of amides is 1. The van der Waals surface area contributed by atoms with Crippen LogP contribution in [0.3, 0.4) is 0 Å². The summed E-state index contributed by atoms with van der Waals surface area (Å²) < 4.78 is 13.8. The molecule has 0 atom stereocenters. The van der Waals surface area contributed by atoms with Gasteiger partial charge in [0.1, 0.15) is 6.61 Å². The monoisotopic (exact) mass is 277 g/mol. The minimum Gasteiger partial charge on any atom is -0.468 e. The molecule has 7 nitrogen and oxygen atoms in total. The molecule has 0 aliphatic heterocycles. The van der Waals surface area contributed by atoms with Crippen LogP contribution in [0.25, 0.3) is 0 Å². The third-order valence-electron chi connectivity index (χ3n) is 2.00. The molecule has 0 unspecified atom stereocenters. The highest BCUT2D eigenvalue weighted by atomic mass is 16.5. The third-order valence-corrected chi connectivity index (χ3v) is 2.00. The molecule has 0 fully saturated rings. The highest BCUT2D eigenvalue weighted by Crippen LogP contribution is 2.10. The molecule has 0 aromatic heterocycles. The van der Waals surface area contributed by atoms with Crippen LogP contribution < -0.4 is 5.73 Å². The van der Waals surface area contributed by atoms with Crippen molar-refractivity contribution < 1.29 is 28.6 Å². The van der Waals surface area contributed by atoms with Crippen molar-refractivity contribution >= 4 is 17.8 Å². The zero-order chi connectivity index (χ0) is 15.3. The Hall–Kier alpha value is -1.63. The summed E-state index contributed by atoms with van der Waals surface area (Å²) in [6, 6.07) is 0. The fourth-order valence-corrected chi connectivity index (χ4v) is 1.18. The lowest BCUT2D eigenvalue weighted by Crippen LogP contribution is -2.27. The quantitative estimate of drug-likeness (QED) is 0.387. The van der Waals surface area contributed by atoms with Gasteiger partial charge in [-0.15, -0.1) is 0 Å². The number of hydrogen-bond donors (Lipinski definition) is 1. The maximum atomic E-state index is 11.2. The minimum absolute atomic E-state index is 0.179. The first-order valence-electron chi connectivity index (χ1n) is 6.04. The van der Waals surface area contributed by atoms with Crippen LogP contribution in [-0.4, -0.2) is 45.3 Å². The lowest BCUT2D eigenvalue weighted by Gasteiger charge is -2.11. The van der Waals surface area contributed by atoms with Gasteiger partial charge in [0.15, 0.2) is 5.92 Å². The van der Waals surface area contributed by atoms with Crippen LogP contribution in [-0.2, 0) is 28.6 Å². The summed E-state index contributed by atoms with van der Waals surface area (Å²) in [7, 11) is 2.39. The summed E-state index contributed by atoms with van der Waals surface area (Å²) in [4.78, 5) is 32.8. The molecule has 0 aromatic rings. The van der Waals surface area contributed by atoms with Gasteiger partial charge in [0.05, 0.1) is 14.2 Å². The molecule has 2 N–H and O–H groups in total. The smallest absolute Gasteiger partial charge is 0.320 e. The number of nitrogens with two attached hydrogens (primary N) is 1. The number of ether oxygens (including phenoxy) is 3. The summed E-state index contributed by atoms with van der Waals surface area (Å²) in [6.45, 7) is 4.05. The summed E-state index contributed by atoms with van der Waals surface area (Å²) in [6.07, 6.45) is 0.653. The molecule has 7 heteroatoms. The lowest BCUT2D eigenvalue weighted by molar-refractivity contribution is -0.159. The van der Waals surface area contributed by atoms with Crippen LogP contribution in [0.4, 0.5) is 0 Å². The van der Waals surface area contributed by atoms with Gasteiger partial charge < -0.3 is 19.9 Å². The van der Waals surface area contributed by atoms with E-state index in [9.17, 15) is 14.4 Å². The first kappa shape index (κ1) is 19.7. The average molecular weight is 277 g/mol. The maximum absolute atomic E-state index is 11.2. The Labute approximate surface area is 113 Å². The van der Waals surface area contributed by atoms with Crippen LogP contribution in [0.5, 0.6) is 0 Å². The van der Waals surface area contributed by atoms with Crippen molar-refractivity contribution in [3.05, 3.63) is 0 Å². The number of methoxy groups -OCH3 is 2. The molecule has 1 amide bonds. The number of hydrogen-bond acceptors (Lipinski definition) is 6. The van der Waals surface area contributed by atoms with Crippen molar-refractivity contribution in [2.75, 3.05) is 27.4 Å². The molecule has 0 heterocycles. The van der Waals surface area contributed by atoms with E-state index in [2.05, 4.69) is 9.47 Å². The summed E-state index contributed by atoms with van der Waals surface area (Å²) in [5, 5.41) is 0. The molecule has 0 saturated carbocycles. The van der Waals surface area contributed by atoms with Crippen LogP contribution >= 0.6 is 0 Å². The van der Waals surface area contributed by atoms with Crippen molar-refractivity contribution in [1.29, 1.82) is 0 Å². The first-order chi connectivity index (χ1) is 9.02.